The van der Waals surface area contributed by atoms with E-state index in [4.69, 9.17) is 5.11 Å². The molecule has 0 bridgehead atoms. The average Bonchev–Trinajstić information content (AvgIpc) is 2.30. The molecule has 1 saturated heterocycles. The molecule has 1 aliphatic rings. The first-order chi connectivity index (χ1) is 8.49. The van der Waals surface area contributed by atoms with E-state index in [1.165, 1.54) is 17.0 Å². The number of carboxylic acid groups (broad SMARTS) is 1. The number of piperidine rings is 1. The lowest BCUT2D eigenvalue weighted by molar-refractivity contribution is 0.0260. The zero-order valence-electron chi connectivity index (χ0n) is 10.1. The normalized spacial score (nSPS) is 28.2. The number of hydrogen-bond donors (Lipinski definition) is 2. The van der Waals surface area contributed by atoms with Crippen molar-refractivity contribution in [3.63, 3.8) is 0 Å². The fourth-order valence-corrected chi connectivity index (χ4v) is 2.65. The van der Waals surface area contributed by atoms with Crippen LogP contribution in [0, 0.1) is 11.7 Å². The maximum atomic E-state index is 12.9. The largest absolute Gasteiger partial charge is 0.465 e. The van der Waals surface area contributed by atoms with Crippen molar-refractivity contribution in [1.29, 1.82) is 0 Å². The first-order valence-electron chi connectivity index (χ1n) is 5.90. The highest BCUT2D eigenvalue weighted by Gasteiger charge is 2.36. The lowest BCUT2D eigenvalue weighted by atomic mass is 9.80. The van der Waals surface area contributed by atoms with Crippen LogP contribution in [0.1, 0.15) is 18.4 Å². The van der Waals surface area contributed by atoms with Crippen LogP contribution in [0.4, 0.5) is 9.18 Å². The SMILES string of the molecule is CC1CN(C(=O)O)CC(O)C1c1ccc(F)cc1. The second-order valence-electron chi connectivity index (χ2n) is 4.81. The summed E-state index contributed by atoms with van der Waals surface area (Å²) in [5.74, 6) is -0.472. The van der Waals surface area contributed by atoms with Crippen molar-refractivity contribution in [2.45, 2.75) is 18.9 Å². The van der Waals surface area contributed by atoms with Gasteiger partial charge < -0.3 is 15.1 Å². The molecule has 1 heterocycles. The molecule has 0 aromatic heterocycles. The van der Waals surface area contributed by atoms with Gasteiger partial charge in [-0.2, -0.15) is 0 Å². The Bertz CT molecular complexity index is 422. The van der Waals surface area contributed by atoms with Crippen molar-refractivity contribution in [3.05, 3.63) is 35.6 Å². The topological polar surface area (TPSA) is 60.8 Å². The van der Waals surface area contributed by atoms with E-state index in [1.807, 2.05) is 6.92 Å². The second-order valence-corrected chi connectivity index (χ2v) is 4.81. The van der Waals surface area contributed by atoms with Gasteiger partial charge in [-0.25, -0.2) is 9.18 Å². The van der Waals surface area contributed by atoms with Gasteiger partial charge in [-0.1, -0.05) is 19.1 Å². The highest BCUT2D eigenvalue weighted by Crippen LogP contribution is 2.33. The van der Waals surface area contributed by atoms with Crippen molar-refractivity contribution in [3.8, 4) is 0 Å². The summed E-state index contributed by atoms with van der Waals surface area (Å²) in [7, 11) is 0. The summed E-state index contributed by atoms with van der Waals surface area (Å²) < 4.78 is 12.9. The Morgan fingerprint density at radius 1 is 1.33 bits per heavy atom. The molecule has 5 heteroatoms. The quantitative estimate of drug-likeness (QED) is 0.803. The number of aliphatic hydroxyl groups is 1. The van der Waals surface area contributed by atoms with E-state index < -0.39 is 12.2 Å². The van der Waals surface area contributed by atoms with Gasteiger partial charge in [-0.15, -0.1) is 0 Å². The molecular formula is C13H16FNO3. The maximum absolute atomic E-state index is 12.9. The third kappa shape index (κ3) is 2.46. The van der Waals surface area contributed by atoms with Gasteiger partial charge in [0.2, 0.25) is 0 Å². The monoisotopic (exact) mass is 253 g/mol. The molecule has 0 radical (unpaired) electrons. The van der Waals surface area contributed by atoms with E-state index in [2.05, 4.69) is 0 Å². The van der Waals surface area contributed by atoms with E-state index >= 15 is 0 Å². The molecule has 98 valence electrons. The summed E-state index contributed by atoms with van der Waals surface area (Å²) in [6, 6.07) is 6.02. The third-order valence-corrected chi connectivity index (χ3v) is 3.47. The Morgan fingerprint density at radius 3 is 2.44 bits per heavy atom. The van der Waals surface area contributed by atoms with Crippen molar-refractivity contribution in [2.75, 3.05) is 13.1 Å². The molecule has 0 aliphatic carbocycles. The lowest BCUT2D eigenvalue weighted by Gasteiger charge is -2.39. The van der Waals surface area contributed by atoms with E-state index in [9.17, 15) is 14.3 Å². The van der Waals surface area contributed by atoms with E-state index in [-0.39, 0.29) is 24.2 Å². The van der Waals surface area contributed by atoms with Crippen molar-refractivity contribution >= 4 is 6.09 Å². The van der Waals surface area contributed by atoms with Crippen LogP contribution in [0.3, 0.4) is 0 Å². The zero-order valence-corrected chi connectivity index (χ0v) is 10.1. The molecule has 1 fully saturated rings. The summed E-state index contributed by atoms with van der Waals surface area (Å²) >= 11 is 0. The van der Waals surface area contributed by atoms with E-state index in [1.54, 1.807) is 12.1 Å². The number of rotatable bonds is 1. The van der Waals surface area contributed by atoms with Crippen LogP contribution in [-0.4, -0.2) is 40.4 Å². The van der Waals surface area contributed by atoms with Crippen molar-refractivity contribution < 1.29 is 19.4 Å². The number of nitrogens with zero attached hydrogens (tertiary/aromatic N) is 1. The van der Waals surface area contributed by atoms with Gasteiger partial charge >= 0.3 is 6.09 Å². The van der Waals surface area contributed by atoms with Gasteiger partial charge in [0.15, 0.2) is 0 Å². The summed E-state index contributed by atoms with van der Waals surface area (Å²) in [6.07, 6.45) is -1.77. The van der Waals surface area contributed by atoms with E-state index in [0.29, 0.717) is 6.54 Å². The Labute approximate surface area is 105 Å². The van der Waals surface area contributed by atoms with Crippen LogP contribution in [0.25, 0.3) is 0 Å². The molecular weight excluding hydrogens is 237 g/mol. The van der Waals surface area contributed by atoms with Crippen molar-refractivity contribution in [1.82, 2.24) is 4.90 Å². The minimum Gasteiger partial charge on any atom is -0.465 e. The second kappa shape index (κ2) is 4.94. The molecule has 0 saturated carbocycles. The van der Waals surface area contributed by atoms with Gasteiger partial charge in [0.1, 0.15) is 5.82 Å². The Hall–Kier alpha value is -1.62. The number of halogens is 1. The minimum absolute atomic E-state index is 0.00434. The van der Waals surface area contributed by atoms with Gasteiger partial charge in [-0.3, -0.25) is 0 Å². The number of benzene rings is 1. The van der Waals surface area contributed by atoms with Crippen molar-refractivity contribution in [2.24, 2.45) is 5.92 Å². The molecule has 1 aromatic carbocycles. The standard InChI is InChI=1S/C13H16FNO3/c1-8-6-15(13(17)18)7-11(16)12(8)9-2-4-10(14)5-3-9/h2-5,8,11-12,16H,6-7H2,1H3,(H,17,18). The molecule has 1 aliphatic heterocycles. The Balaban J connectivity index is 2.19. The number of likely N-dealkylation sites (tertiary alicyclic amines) is 1. The maximum Gasteiger partial charge on any atom is 0.407 e. The molecule has 3 atom stereocenters. The molecule has 3 unspecified atom stereocenters. The molecule has 2 rings (SSSR count). The number of amides is 1. The number of hydrogen-bond acceptors (Lipinski definition) is 2. The van der Waals surface area contributed by atoms with Crippen LogP contribution in [0.5, 0.6) is 0 Å². The molecule has 2 N–H and O–H groups in total. The fourth-order valence-electron chi connectivity index (χ4n) is 2.65. The Kier molecular flexibility index (Phi) is 3.52. The smallest absolute Gasteiger partial charge is 0.407 e. The molecule has 1 aromatic rings. The first-order valence-corrected chi connectivity index (χ1v) is 5.90. The summed E-state index contributed by atoms with van der Waals surface area (Å²) in [4.78, 5) is 12.1. The van der Waals surface area contributed by atoms with Crippen LogP contribution in [0.15, 0.2) is 24.3 Å². The molecule has 4 nitrogen and oxygen atoms in total. The van der Waals surface area contributed by atoms with Crippen LogP contribution < -0.4 is 0 Å². The van der Waals surface area contributed by atoms with Crippen LogP contribution in [0.2, 0.25) is 0 Å². The molecule has 18 heavy (non-hydrogen) atoms. The molecule has 0 spiro atoms. The first kappa shape index (κ1) is 12.8. The number of aliphatic hydroxyl groups excluding tert-OH is 1. The highest BCUT2D eigenvalue weighted by molar-refractivity contribution is 5.65. The van der Waals surface area contributed by atoms with Gasteiger partial charge in [0, 0.05) is 12.5 Å². The summed E-state index contributed by atoms with van der Waals surface area (Å²) in [6.45, 7) is 2.38. The highest BCUT2D eigenvalue weighted by atomic mass is 19.1. The van der Waals surface area contributed by atoms with Gasteiger partial charge in [0.25, 0.3) is 0 Å². The van der Waals surface area contributed by atoms with Crippen LogP contribution in [-0.2, 0) is 0 Å². The summed E-state index contributed by atoms with van der Waals surface area (Å²) in [5, 5.41) is 19.0. The minimum atomic E-state index is -1.02. The summed E-state index contributed by atoms with van der Waals surface area (Å²) in [5.41, 5.74) is 0.849. The van der Waals surface area contributed by atoms with Crippen LogP contribution >= 0.6 is 0 Å². The Morgan fingerprint density at radius 2 is 1.94 bits per heavy atom. The molecule has 1 amide bonds. The van der Waals surface area contributed by atoms with Gasteiger partial charge in [0.05, 0.1) is 12.6 Å². The lowest BCUT2D eigenvalue weighted by Crippen LogP contribution is -2.49. The van der Waals surface area contributed by atoms with E-state index in [0.717, 1.165) is 5.56 Å². The predicted molar refractivity (Wildman–Crippen MR) is 63.9 cm³/mol. The number of β-amino-alcohol motifs (C(OH)–C–C–N with tert-alkyl or cyclic N) is 1. The zero-order chi connectivity index (χ0) is 13.3. The number of carbonyl (C=O) groups is 1. The third-order valence-electron chi connectivity index (χ3n) is 3.47. The predicted octanol–water partition coefficient (Wildman–Crippen LogP) is 1.90. The fraction of sp³-hybridized carbons (Fsp3) is 0.462. The average molecular weight is 253 g/mol. The van der Waals surface area contributed by atoms with Gasteiger partial charge in [-0.05, 0) is 23.6 Å².